The Bertz CT molecular complexity index is 621. The molecule has 0 heterocycles. The summed E-state index contributed by atoms with van der Waals surface area (Å²) in [7, 11) is 0. The van der Waals surface area contributed by atoms with E-state index >= 15 is 0 Å². The minimum absolute atomic E-state index is 1.09. The molecule has 0 N–H and O–H groups in total. The predicted molar refractivity (Wildman–Crippen MR) is 87.0 cm³/mol. The number of aryl methyl sites for hydroxylation is 2. The fraction of sp³-hybridized carbons (Fsp3) is 0.300. The minimum atomic E-state index is 1.09. The van der Waals surface area contributed by atoms with Crippen LogP contribution in [0.1, 0.15) is 47.6 Å². The topological polar surface area (TPSA) is 0 Å². The van der Waals surface area contributed by atoms with Gasteiger partial charge in [0.2, 0.25) is 0 Å². The van der Waals surface area contributed by atoms with Crippen molar-refractivity contribution in [3.8, 4) is 11.8 Å². The fourth-order valence-electron chi connectivity index (χ4n) is 2.16. The quantitative estimate of drug-likeness (QED) is 0.679. The van der Waals surface area contributed by atoms with E-state index in [2.05, 4.69) is 75.1 Å². The van der Waals surface area contributed by atoms with Gasteiger partial charge in [-0.2, -0.15) is 0 Å². The third-order valence-electron chi connectivity index (χ3n) is 3.72. The van der Waals surface area contributed by atoms with Crippen LogP contribution in [-0.2, 0) is 6.42 Å². The van der Waals surface area contributed by atoms with Crippen molar-refractivity contribution in [2.75, 3.05) is 0 Å². The average molecular weight is 262 g/mol. The second-order valence-corrected chi connectivity index (χ2v) is 5.30. The van der Waals surface area contributed by atoms with Crippen LogP contribution < -0.4 is 0 Å². The lowest BCUT2D eigenvalue weighted by Crippen LogP contribution is -1.87. The first-order chi connectivity index (χ1) is 9.70. The highest BCUT2D eigenvalue weighted by molar-refractivity contribution is 5.48. The molecule has 0 atom stereocenters. The maximum absolute atomic E-state index is 3.28. The fourth-order valence-corrected chi connectivity index (χ4v) is 2.16. The Morgan fingerprint density at radius 2 is 1.65 bits per heavy atom. The van der Waals surface area contributed by atoms with E-state index in [1.165, 1.54) is 36.0 Å². The number of benzene rings is 2. The highest BCUT2D eigenvalue weighted by Gasteiger charge is 1.97. The van der Waals surface area contributed by atoms with Crippen molar-refractivity contribution in [2.24, 2.45) is 0 Å². The first-order valence-corrected chi connectivity index (χ1v) is 7.38. The van der Waals surface area contributed by atoms with Gasteiger partial charge >= 0.3 is 0 Å². The molecule has 2 aromatic rings. The lowest BCUT2D eigenvalue weighted by molar-refractivity contribution is 0.795. The maximum Gasteiger partial charge on any atom is 0.0280 e. The molecular formula is C20H22. The molecule has 0 nitrogen and oxygen atoms in total. The summed E-state index contributed by atoms with van der Waals surface area (Å²) < 4.78 is 0. The molecule has 0 aliphatic heterocycles. The van der Waals surface area contributed by atoms with E-state index in [0.717, 1.165) is 11.1 Å². The van der Waals surface area contributed by atoms with Crippen molar-refractivity contribution in [1.82, 2.24) is 0 Å². The largest absolute Gasteiger partial charge is 0.0654 e. The number of hydrogen-bond donors (Lipinski definition) is 0. The minimum Gasteiger partial charge on any atom is -0.0654 e. The Morgan fingerprint density at radius 1 is 0.900 bits per heavy atom. The predicted octanol–water partition coefficient (Wildman–Crippen LogP) is 5.05. The van der Waals surface area contributed by atoms with Crippen LogP contribution in [0.3, 0.4) is 0 Å². The second kappa shape index (κ2) is 6.96. The molecule has 0 aliphatic carbocycles. The van der Waals surface area contributed by atoms with Gasteiger partial charge in [-0.15, -0.1) is 0 Å². The van der Waals surface area contributed by atoms with Crippen LogP contribution in [0.15, 0.2) is 42.5 Å². The lowest BCUT2D eigenvalue weighted by Gasteiger charge is -2.01. The van der Waals surface area contributed by atoms with E-state index in [1.54, 1.807) is 0 Å². The van der Waals surface area contributed by atoms with Crippen molar-refractivity contribution in [1.29, 1.82) is 0 Å². The molecule has 2 aromatic carbocycles. The maximum atomic E-state index is 3.28. The van der Waals surface area contributed by atoms with Gasteiger partial charge in [0.15, 0.2) is 0 Å². The molecule has 0 unspecified atom stereocenters. The van der Waals surface area contributed by atoms with E-state index in [-0.39, 0.29) is 0 Å². The number of hydrogen-bond acceptors (Lipinski definition) is 0. The Kier molecular flexibility index (Phi) is 5.02. The molecule has 0 aromatic heterocycles. The van der Waals surface area contributed by atoms with Crippen LogP contribution >= 0.6 is 0 Å². The molecule has 0 heteroatoms. The Morgan fingerprint density at radius 3 is 2.35 bits per heavy atom. The molecule has 0 saturated heterocycles. The molecule has 0 spiro atoms. The summed E-state index contributed by atoms with van der Waals surface area (Å²) in [6.45, 7) is 6.49. The van der Waals surface area contributed by atoms with E-state index in [4.69, 9.17) is 0 Å². The SMILES string of the molecule is CCCCc1ccc(C#Cc2cccc(C)c2C)cc1. The van der Waals surface area contributed by atoms with Crippen molar-refractivity contribution < 1.29 is 0 Å². The van der Waals surface area contributed by atoms with Crippen molar-refractivity contribution >= 4 is 0 Å². The highest BCUT2D eigenvalue weighted by Crippen LogP contribution is 2.12. The molecule has 2 rings (SSSR count). The lowest BCUT2D eigenvalue weighted by atomic mass is 10.0. The Labute approximate surface area is 122 Å². The van der Waals surface area contributed by atoms with Gasteiger partial charge in [0.05, 0.1) is 0 Å². The summed E-state index contributed by atoms with van der Waals surface area (Å²) in [6.07, 6.45) is 3.67. The van der Waals surface area contributed by atoms with Crippen LogP contribution in [0.5, 0.6) is 0 Å². The Hall–Kier alpha value is -2.00. The molecule has 0 amide bonds. The van der Waals surface area contributed by atoms with Crippen LogP contribution in [0.4, 0.5) is 0 Å². The molecule has 0 aliphatic rings. The third kappa shape index (κ3) is 3.75. The van der Waals surface area contributed by atoms with Crippen LogP contribution in [0.2, 0.25) is 0 Å². The zero-order valence-electron chi connectivity index (χ0n) is 12.7. The second-order valence-electron chi connectivity index (χ2n) is 5.30. The molecule has 0 radical (unpaired) electrons. The van der Waals surface area contributed by atoms with Crippen molar-refractivity contribution in [2.45, 2.75) is 40.0 Å². The smallest absolute Gasteiger partial charge is 0.0280 e. The standard InChI is InChI=1S/C20H22/c1-4-5-8-18-10-12-19(13-11-18)14-15-20-9-6-7-16(2)17(20)3/h6-7,9-13H,4-5,8H2,1-3H3. The average Bonchev–Trinajstić information content (AvgIpc) is 2.48. The van der Waals surface area contributed by atoms with Gasteiger partial charge in [-0.1, -0.05) is 49.5 Å². The summed E-state index contributed by atoms with van der Waals surface area (Å²) in [5.41, 5.74) is 6.20. The van der Waals surface area contributed by atoms with Gasteiger partial charge in [0.1, 0.15) is 0 Å². The van der Waals surface area contributed by atoms with E-state index in [1.807, 2.05) is 0 Å². The summed E-state index contributed by atoms with van der Waals surface area (Å²) in [4.78, 5) is 0. The molecule has 20 heavy (non-hydrogen) atoms. The van der Waals surface area contributed by atoms with Crippen LogP contribution in [0.25, 0.3) is 0 Å². The number of unbranched alkanes of at least 4 members (excludes halogenated alkanes) is 1. The van der Waals surface area contributed by atoms with Crippen LogP contribution in [0, 0.1) is 25.7 Å². The number of rotatable bonds is 3. The van der Waals surface area contributed by atoms with Gasteiger partial charge < -0.3 is 0 Å². The first kappa shape index (κ1) is 14.4. The van der Waals surface area contributed by atoms with Gasteiger partial charge in [-0.3, -0.25) is 0 Å². The van der Waals surface area contributed by atoms with E-state index in [9.17, 15) is 0 Å². The molecule has 0 bridgehead atoms. The highest BCUT2D eigenvalue weighted by atomic mass is 14.0. The van der Waals surface area contributed by atoms with Crippen molar-refractivity contribution in [3.63, 3.8) is 0 Å². The van der Waals surface area contributed by atoms with Crippen LogP contribution in [-0.4, -0.2) is 0 Å². The first-order valence-electron chi connectivity index (χ1n) is 7.38. The van der Waals surface area contributed by atoms with Crippen molar-refractivity contribution in [3.05, 3.63) is 70.3 Å². The van der Waals surface area contributed by atoms with E-state index < -0.39 is 0 Å². The van der Waals surface area contributed by atoms with E-state index in [0.29, 0.717) is 0 Å². The Balaban J connectivity index is 2.14. The van der Waals surface area contributed by atoms with Gasteiger partial charge in [-0.05, 0) is 61.6 Å². The monoisotopic (exact) mass is 262 g/mol. The summed E-state index contributed by atoms with van der Waals surface area (Å²) in [6, 6.07) is 14.9. The molecule has 0 saturated carbocycles. The summed E-state index contributed by atoms with van der Waals surface area (Å²) >= 11 is 0. The zero-order valence-corrected chi connectivity index (χ0v) is 12.7. The molecule has 102 valence electrons. The normalized spacial score (nSPS) is 9.95. The third-order valence-corrected chi connectivity index (χ3v) is 3.72. The summed E-state index contributed by atoms with van der Waals surface area (Å²) in [5.74, 6) is 6.54. The summed E-state index contributed by atoms with van der Waals surface area (Å²) in [5, 5.41) is 0. The zero-order chi connectivity index (χ0) is 14.4. The molecular weight excluding hydrogens is 240 g/mol. The van der Waals surface area contributed by atoms with Gasteiger partial charge in [-0.25, -0.2) is 0 Å². The molecule has 0 fully saturated rings. The van der Waals surface area contributed by atoms with Gasteiger partial charge in [0, 0.05) is 11.1 Å². The van der Waals surface area contributed by atoms with Gasteiger partial charge in [0.25, 0.3) is 0 Å².